The lowest BCUT2D eigenvalue weighted by Gasteiger charge is -2.26. The SMILES string of the molecule is ClCCCCCN1CCc2sccc2C1. The molecule has 0 bridgehead atoms. The molecular weight excluding hydrogens is 226 g/mol. The molecule has 0 N–H and O–H groups in total. The minimum atomic E-state index is 0.814. The van der Waals surface area contributed by atoms with Gasteiger partial charge in [-0.05, 0) is 42.8 Å². The molecule has 15 heavy (non-hydrogen) atoms. The van der Waals surface area contributed by atoms with E-state index in [0.717, 1.165) is 5.88 Å². The zero-order chi connectivity index (χ0) is 10.5. The molecule has 0 aliphatic carbocycles. The molecule has 0 saturated heterocycles. The van der Waals surface area contributed by atoms with E-state index in [4.69, 9.17) is 11.6 Å². The van der Waals surface area contributed by atoms with Crippen molar-refractivity contribution in [1.29, 1.82) is 0 Å². The third-order valence-electron chi connectivity index (χ3n) is 2.99. The molecule has 0 spiro atoms. The van der Waals surface area contributed by atoms with Crippen LogP contribution in [0.25, 0.3) is 0 Å². The molecule has 0 fully saturated rings. The summed E-state index contributed by atoms with van der Waals surface area (Å²) < 4.78 is 0. The van der Waals surface area contributed by atoms with Crippen LogP contribution in [0.5, 0.6) is 0 Å². The summed E-state index contributed by atoms with van der Waals surface area (Å²) in [6.07, 6.45) is 4.99. The van der Waals surface area contributed by atoms with E-state index in [0.29, 0.717) is 0 Å². The van der Waals surface area contributed by atoms with Crippen LogP contribution in [0.2, 0.25) is 0 Å². The van der Waals surface area contributed by atoms with Gasteiger partial charge in [0.2, 0.25) is 0 Å². The van der Waals surface area contributed by atoms with Gasteiger partial charge in [0.1, 0.15) is 0 Å². The van der Waals surface area contributed by atoms with E-state index in [9.17, 15) is 0 Å². The molecule has 0 atom stereocenters. The van der Waals surface area contributed by atoms with Gasteiger partial charge in [0.05, 0.1) is 0 Å². The van der Waals surface area contributed by atoms with Crippen molar-refractivity contribution in [3.8, 4) is 0 Å². The molecule has 1 aromatic heterocycles. The number of halogens is 1. The lowest BCUT2D eigenvalue weighted by atomic mass is 10.1. The predicted octanol–water partition coefficient (Wildman–Crippen LogP) is 3.52. The zero-order valence-corrected chi connectivity index (χ0v) is 10.6. The standard InChI is InChI=1S/C12H18ClNS/c13-6-2-1-3-7-14-8-4-12-11(10-14)5-9-15-12/h5,9H,1-4,6-8,10H2. The predicted molar refractivity (Wildman–Crippen MR) is 67.9 cm³/mol. The molecule has 84 valence electrons. The van der Waals surface area contributed by atoms with Crippen LogP contribution in [0.3, 0.4) is 0 Å². The Labute approximate surface area is 101 Å². The topological polar surface area (TPSA) is 3.24 Å². The molecule has 2 rings (SSSR count). The summed E-state index contributed by atoms with van der Waals surface area (Å²) >= 11 is 7.58. The molecule has 0 unspecified atom stereocenters. The smallest absolute Gasteiger partial charge is 0.0244 e. The Morgan fingerprint density at radius 2 is 2.27 bits per heavy atom. The Balaban J connectivity index is 1.73. The van der Waals surface area contributed by atoms with Crippen LogP contribution in [0.1, 0.15) is 29.7 Å². The molecule has 2 heterocycles. The molecule has 0 radical (unpaired) electrons. The highest BCUT2D eigenvalue weighted by Gasteiger charge is 2.15. The largest absolute Gasteiger partial charge is 0.299 e. The maximum absolute atomic E-state index is 5.66. The van der Waals surface area contributed by atoms with Crippen molar-refractivity contribution in [3.63, 3.8) is 0 Å². The first-order valence-corrected chi connectivity index (χ1v) is 7.15. The van der Waals surface area contributed by atoms with Gasteiger partial charge in [-0.25, -0.2) is 0 Å². The first-order valence-electron chi connectivity index (χ1n) is 5.73. The highest BCUT2D eigenvalue weighted by atomic mass is 35.5. The molecular formula is C12H18ClNS. The minimum absolute atomic E-state index is 0.814. The number of nitrogens with zero attached hydrogens (tertiary/aromatic N) is 1. The highest BCUT2D eigenvalue weighted by molar-refractivity contribution is 7.10. The van der Waals surface area contributed by atoms with Crippen molar-refractivity contribution in [2.24, 2.45) is 0 Å². The first-order chi connectivity index (χ1) is 7.40. The number of hydrogen-bond donors (Lipinski definition) is 0. The second-order valence-corrected chi connectivity index (χ2v) is 5.52. The summed E-state index contributed by atoms with van der Waals surface area (Å²) in [5, 5.41) is 2.22. The van der Waals surface area contributed by atoms with E-state index in [1.54, 1.807) is 10.4 Å². The third kappa shape index (κ3) is 3.20. The zero-order valence-electron chi connectivity index (χ0n) is 9.04. The van der Waals surface area contributed by atoms with Crippen molar-refractivity contribution in [2.75, 3.05) is 19.0 Å². The first kappa shape index (κ1) is 11.4. The van der Waals surface area contributed by atoms with Crippen molar-refractivity contribution < 1.29 is 0 Å². The van der Waals surface area contributed by atoms with Crippen molar-refractivity contribution >= 4 is 22.9 Å². The second-order valence-electron chi connectivity index (χ2n) is 4.14. The van der Waals surface area contributed by atoms with E-state index in [2.05, 4.69) is 16.3 Å². The van der Waals surface area contributed by atoms with E-state index < -0.39 is 0 Å². The van der Waals surface area contributed by atoms with Crippen molar-refractivity contribution in [2.45, 2.75) is 32.2 Å². The van der Waals surface area contributed by atoms with Crippen LogP contribution in [-0.2, 0) is 13.0 Å². The minimum Gasteiger partial charge on any atom is -0.299 e. The Morgan fingerprint density at radius 3 is 3.13 bits per heavy atom. The summed E-state index contributed by atoms with van der Waals surface area (Å²) in [5.74, 6) is 0.814. The monoisotopic (exact) mass is 243 g/mol. The molecule has 3 heteroatoms. The fourth-order valence-corrected chi connectivity index (χ4v) is 3.18. The van der Waals surface area contributed by atoms with Crippen molar-refractivity contribution in [1.82, 2.24) is 4.90 Å². The third-order valence-corrected chi connectivity index (χ3v) is 4.28. The number of fused-ring (bicyclic) bond motifs is 1. The average molecular weight is 244 g/mol. The second kappa shape index (κ2) is 5.88. The van der Waals surface area contributed by atoms with Gasteiger partial charge >= 0.3 is 0 Å². The number of unbranched alkanes of at least 4 members (excludes halogenated alkanes) is 2. The summed E-state index contributed by atoms with van der Waals surface area (Å²) in [6.45, 7) is 3.65. The van der Waals surface area contributed by atoms with Crippen LogP contribution in [0, 0.1) is 0 Å². The van der Waals surface area contributed by atoms with Gasteiger partial charge in [-0.15, -0.1) is 22.9 Å². The summed E-state index contributed by atoms with van der Waals surface area (Å²) in [7, 11) is 0. The van der Waals surface area contributed by atoms with Crippen LogP contribution in [-0.4, -0.2) is 23.9 Å². The Morgan fingerprint density at radius 1 is 1.33 bits per heavy atom. The fourth-order valence-electron chi connectivity index (χ4n) is 2.10. The molecule has 1 aliphatic heterocycles. The van der Waals surface area contributed by atoms with Crippen LogP contribution in [0.4, 0.5) is 0 Å². The summed E-state index contributed by atoms with van der Waals surface area (Å²) in [6, 6.07) is 2.28. The number of rotatable bonds is 5. The van der Waals surface area contributed by atoms with Crippen LogP contribution < -0.4 is 0 Å². The lowest BCUT2D eigenvalue weighted by molar-refractivity contribution is 0.250. The van der Waals surface area contributed by atoms with E-state index in [1.807, 2.05) is 11.3 Å². The van der Waals surface area contributed by atoms with Crippen LogP contribution in [0.15, 0.2) is 11.4 Å². The Hall–Kier alpha value is -0.0500. The van der Waals surface area contributed by atoms with Gasteiger partial charge in [-0.1, -0.05) is 6.42 Å². The molecule has 1 nitrogen and oxygen atoms in total. The van der Waals surface area contributed by atoms with Gasteiger partial charge in [0.25, 0.3) is 0 Å². The summed E-state index contributed by atoms with van der Waals surface area (Å²) in [4.78, 5) is 4.18. The quantitative estimate of drug-likeness (QED) is 0.565. The van der Waals surface area contributed by atoms with Crippen molar-refractivity contribution in [3.05, 3.63) is 21.9 Å². The van der Waals surface area contributed by atoms with Gasteiger partial charge < -0.3 is 0 Å². The van der Waals surface area contributed by atoms with Crippen LogP contribution >= 0.6 is 22.9 Å². The lowest BCUT2D eigenvalue weighted by Crippen LogP contribution is -2.30. The van der Waals surface area contributed by atoms with Gasteiger partial charge in [-0.2, -0.15) is 0 Å². The number of thiophene rings is 1. The maximum atomic E-state index is 5.66. The van der Waals surface area contributed by atoms with E-state index in [-0.39, 0.29) is 0 Å². The molecule has 1 aliphatic rings. The molecule has 1 aromatic rings. The van der Waals surface area contributed by atoms with E-state index >= 15 is 0 Å². The number of alkyl halides is 1. The normalized spacial score (nSPS) is 16.6. The van der Waals surface area contributed by atoms with Gasteiger partial charge in [0, 0.05) is 23.8 Å². The van der Waals surface area contributed by atoms with E-state index in [1.165, 1.54) is 45.3 Å². The fraction of sp³-hybridized carbons (Fsp3) is 0.667. The Bertz CT molecular complexity index is 298. The molecule has 0 aromatic carbocycles. The highest BCUT2D eigenvalue weighted by Crippen LogP contribution is 2.24. The van der Waals surface area contributed by atoms with Gasteiger partial charge in [-0.3, -0.25) is 4.90 Å². The molecule has 0 saturated carbocycles. The molecule has 0 amide bonds. The maximum Gasteiger partial charge on any atom is 0.0244 e. The summed E-state index contributed by atoms with van der Waals surface area (Å²) in [5.41, 5.74) is 1.56. The average Bonchev–Trinajstić information content (AvgIpc) is 2.71. The van der Waals surface area contributed by atoms with Gasteiger partial charge in [0.15, 0.2) is 0 Å². The number of hydrogen-bond acceptors (Lipinski definition) is 2. The Kier molecular flexibility index (Phi) is 4.48.